The van der Waals surface area contributed by atoms with E-state index in [1.54, 1.807) is 0 Å². The van der Waals surface area contributed by atoms with E-state index in [2.05, 4.69) is 32.7 Å². The maximum absolute atomic E-state index is 5.88. The van der Waals surface area contributed by atoms with Gasteiger partial charge in [0, 0.05) is 46.4 Å². The smallest absolute Gasteiger partial charge is 0.191 e. The average molecular weight is 380 g/mol. The van der Waals surface area contributed by atoms with E-state index in [0.29, 0.717) is 6.54 Å². The SMILES string of the molecule is Cc1nnc(CN=C(NCCN2CCOCC2)NCC2(C)CCCO2)n1C. The van der Waals surface area contributed by atoms with Crippen LogP contribution in [0.2, 0.25) is 0 Å². The number of guanidine groups is 1. The molecular formula is C18H33N7O2. The van der Waals surface area contributed by atoms with Crippen LogP contribution in [0.25, 0.3) is 0 Å². The molecule has 0 aliphatic carbocycles. The van der Waals surface area contributed by atoms with Gasteiger partial charge in [-0.2, -0.15) is 0 Å². The van der Waals surface area contributed by atoms with Crippen molar-refractivity contribution >= 4 is 5.96 Å². The Kier molecular flexibility index (Phi) is 7.03. The Hall–Kier alpha value is -1.71. The van der Waals surface area contributed by atoms with Crippen LogP contribution in [-0.2, 0) is 23.1 Å². The number of aromatic nitrogens is 3. The Morgan fingerprint density at radius 1 is 1.22 bits per heavy atom. The third kappa shape index (κ3) is 5.88. The van der Waals surface area contributed by atoms with E-state index in [4.69, 9.17) is 14.5 Å². The van der Waals surface area contributed by atoms with Crippen LogP contribution in [0.5, 0.6) is 0 Å². The van der Waals surface area contributed by atoms with Crippen LogP contribution in [0.1, 0.15) is 31.4 Å². The van der Waals surface area contributed by atoms with Gasteiger partial charge >= 0.3 is 0 Å². The van der Waals surface area contributed by atoms with Crippen LogP contribution >= 0.6 is 0 Å². The van der Waals surface area contributed by atoms with Gasteiger partial charge in [0.1, 0.15) is 12.4 Å². The predicted octanol–water partition coefficient (Wildman–Crippen LogP) is 0.0600. The largest absolute Gasteiger partial charge is 0.379 e. The first-order valence-electron chi connectivity index (χ1n) is 9.87. The molecule has 0 saturated carbocycles. The van der Waals surface area contributed by atoms with Crippen LogP contribution in [-0.4, -0.2) is 83.8 Å². The van der Waals surface area contributed by atoms with Gasteiger partial charge < -0.3 is 24.7 Å². The summed E-state index contributed by atoms with van der Waals surface area (Å²) in [5, 5.41) is 15.2. The fraction of sp³-hybridized carbons (Fsp3) is 0.833. The highest BCUT2D eigenvalue weighted by Gasteiger charge is 2.29. The summed E-state index contributed by atoms with van der Waals surface area (Å²) < 4.78 is 13.3. The summed E-state index contributed by atoms with van der Waals surface area (Å²) in [6.45, 7) is 11.6. The molecule has 1 atom stereocenters. The lowest BCUT2D eigenvalue weighted by molar-refractivity contribution is 0.0242. The lowest BCUT2D eigenvalue weighted by atomic mass is 10.0. The highest BCUT2D eigenvalue weighted by atomic mass is 16.5. The van der Waals surface area contributed by atoms with Crippen LogP contribution < -0.4 is 10.6 Å². The fourth-order valence-corrected chi connectivity index (χ4v) is 3.32. The standard InChI is InChI=1S/C18H33N7O2/c1-15-22-23-16(24(15)3)13-20-17(21-14-18(2)5-4-10-27-18)19-6-7-25-8-11-26-12-9-25/h4-14H2,1-3H3,(H2,19,20,21). The van der Waals surface area contributed by atoms with Crippen molar-refractivity contribution in [3.05, 3.63) is 11.6 Å². The number of nitrogens with zero attached hydrogens (tertiary/aromatic N) is 5. The van der Waals surface area contributed by atoms with Crippen molar-refractivity contribution in [2.45, 2.75) is 38.8 Å². The van der Waals surface area contributed by atoms with E-state index in [1.807, 2.05) is 18.5 Å². The maximum atomic E-state index is 5.88. The first kappa shape index (κ1) is 20.0. The van der Waals surface area contributed by atoms with Gasteiger partial charge in [-0.25, -0.2) is 4.99 Å². The molecule has 2 aliphatic heterocycles. The van der Waals surface area contributed by atoms with E-state index in [0.717, 1.165) is 83.0 Å². The Bertz CT molecular complexity index is 619. The monoisotopic (exact) mass is 379 g/mol. The van der Waals surface area contributed by atoms with Crippen molar-refractivity contribution in [1.82, 2.24) is 30.3 Å². The minimum Gasteiger partial charge on any atom is -0.379 e. The average Bonchev–Trinajstić information content (AvgIpc) is 3.25. The molecule has 152 valence electrons. The van der Waals surface area contributed by atoms with Gasteiger partial charge in [-0.15, -0.1) is 10.2 Å². The van der Waals surface area contributed by atoms with Crippen molar-refractivity contribution in [2.75, 3.05) is 52.5 Å². The third-order valence-electron chi connectivity index (χ3n) is 5.32. The summed E-state index contributed by atoms with van der Waals surface area (Å²) >= 11 is 0. The van der Waals surface area contributed by atoms with Gasteiger partial charge in [-0.3, -0.25) is 4.90 Å². The molecule has 2 fully saturated rings. The number of aliphatic imine (C=N–C) groups is 1. The van der Waals surface area contributed by atoms with Gasteiger partial charge in [-0.1, -0.05) is 0 Å². The van der Waals surface area contributed by atoms with Crippen molar-refractivity contribution in [1.29, 1.82) is 0 Å². The normalized spacial score (nSPS) is 24.3. The van der Waals surface area contributed by atoms with E-state index in [-0.39, 0.29) is 5.60 Å². The zero-order valence-corrected chi connectivity index (χ0v) is 16.8. The molecule has 0 aromatic carbocycles. The summed E-state index contributed by atoms with van der Waals surface area (Å²) in [5.41, 5.74) is -0.117. The second kappa shape index (κ2) is 9.48. The number of nitrogens with one attached hydrogen (secondary N) is 2. The van der Waals surface area contributed by atoms with Gasteiger partial charge in [-0.05, 0) is 26.7 Å². The molecule has 27 heavy (non-hydrogen) atoms. The zero-order valence-electron chi connectivity index (χ0n) is 16.8. The van der Waals surface area contributed by atoms with Crippen LogP contribution in [0.3, 0.4) is 0 Å². The Labute approximate surface area is 161 Å². The van der Waals surface area contributed by atoms with E-state index in [1.165, 1.54) is 0 Å². The number of aryl methyl sites for hydroxylation is 1. The van der Waals surface area contributed by atoms with Gasteiger partial charge in [0.2, 0.25) is 0 Å². The second-order valence-electron chi connectivity index (χ2n) is 7.52. The number of rotatable bonds is 7. The van der Waals surface area contributed by atoms with Crippen molar-refractivity contribution in [2.24, 2.45) is 12.0 Å². The topological polar surface area (TPSA) is 88.8 Å². The molecule has 2 aliphatic rings. The van der Waals surface area contributed by atoms with Gasteiger partial charge in [0.25, 0.3) is 0 Å². The molecule has 2 saturated heterocycles. The van der Waals surface area contributed by atoms with Crippen LogP contribution in [0, 0.1) is 6.92 Å². The minimum absolute atomic E-state index is 0.117. The van der Waals surface area contributed by atoms with Crippen molar-refractivity contribution < 1.29 is 9.47 Å². The number of ether oxygens (including phenoxy) is 2. The van der Waals surface area contributed by atoms with Gasteiger partial charge in [0.15, 0.2) is 11.8 Å². The highest BCUT2D eigenvalue weighted by Crippen LogP contribution is 2.23. The maximum Gasteiger partial charge on any atom is 0.191 e. The van der Waals surface area contributed by atoms with Gasteiger partial charge in [0.05, 0.1) is 18.8 Å². The number of hydrogen-bond acceptors (Lipinski definition) is 6. The molecule has 9 nitrogen and oxygen atoms in total. The molecule has 3 heterocycles. The lowest BCUT2D eigenvalue weighted by Gasteiger charge is -2.27. The number of hydrogen-bond donors (Lipinski definition) is 2. The molecule has 1 aromatic rings. The molecule has 1 aromatic heterocycles. The molecule has 0 amide bonds. The molecule has 9 heteroatoms. The molecule has 0 bridgehead atoms. The first-order valence-corrected chi connectivity index (χ1v) is 9.87. The van der Waals surface area contributed by atoms with Crippen LogP contribution in [0.4, 0.5) is 0 Å². The Morgan fingerprint density at radius 3 is 2.70 bits per heavy atom. The quantitative estimate of drug-likeness (QED) is 0.512. The van der Waals surface area contributed by atoms with Crippen molar-refractivity contribution in [3.8, 4) is 0 Å². The first-order chi connectivity index (χ1) is 13.1. The third-order valence-corrected chi connectivity index (χ3v) is 5.32. The molecular weight excluding hydrogens is 346 g/mol. The summed E-state index contributed by atoms with van der Waals surface area (Å²) in [7, 11) is 1.96. The highest BCUT2D eigenvalue weighted by molar-refractivity contribution is 5.79. The molecule has 0 radical (unpaired) electrons. The van der Waals surface area contributed by atoms with E-state index in [9.17, 15) is 0 Å². The van der Waals surface area contributed by atoms with Crippen molar-refractivity contribution in [3.63, 3.8) is 0 Å². The summed E-state index contributed by atoms with van der Waals surface area (Å²) in [5.74, 6) is 2.53. The molecule has 2 N–H and O–H groups in total. The predicted molar refractivity (Wildman–Crippen MR) is 104 cm³/mol. The summed E-state index contributed by atoms with van der Waals surface area (Å²) in [6.07, 6.45) is 2.19. The fourth-order valence-electron chi connectivity index (χ4n) is 3.32. The summed E-state index contributed by atoms with van der Waals surface area (Å²) in [4.78, 5) is 7.12. The van der Waals surface area contributed by atoms with E-state index >= 15 is 0 Å². The second-order valence-corrected chi connectivity index (χ2v) is 7.52. The zero-order chi connectivity index (χ0) is 19.1. The Balaban J connectivity index is 1.54. The molecule has 1 unspecified atom stereocenters. The lowest BCUT2D eigenvalue weighted by Crippen LogP contribution is -2.48. The molecule has 3 rings (SSSR count). The van der Waals surface area contributed by atoms with Crippen LogP contribution in [0.15, 0.2) is 4.99 Å². The van der Waals surface area contributed by atoms with E-state index < -0.39 is 0 Å². The minimum atomic E-state index is -0.117. The summed E-state index contributed by atoms with van der Waals surface area (Å²) in [6, 6.07) is 0. The molecule has 0 spiro atoms. The Morgan fingerprint density at radius 2 is 2.04 bits per heavy atom. The number of morpholine rings is 1.